The van der Waals surface area contributed by atoms with Gasteiger partial charge in [0, 0.05) is 76.2 Å². The van der Waals surface area contributed by atoms with Crippen molar-refractivity contribution in [1.29, 1.82) is 0 Å². The van der Waals surface area contributed by atoms with Crippen molar-refractivity contribution in [3.8, 4) is 5.75 Å². The molecule has 0 radical (unpaired) electrons. The maximum Gasteiger partial charge on any atom is 0.191 e. The number of guanidine groups is 1. The molecule has 4 saturated heterocycles. The Hall–Kier alpha value is -1.99. The SMILES string of the molecule is CCNC(=NCC1CN2CCN1CC2)NC1CCCN(c2cccc(OC)c2)C1. The summed E-state index contributed by atoms with van der Waals surface area (Å²) in [6.45, 7) is 12.0. The summed E-state index contributed by atoms with van der Waals surface area (Å²) in [5, 5.41) is 7.16. The number of piperidine rings is 1. The summed E-state index contributed by atoms with van der Waals surface area (Å²) in [6, 6.07) is 9.34. The Morgan fingerprint density at radius 2 is 2.03 bits per heavy atom. The lowest BCUT2D eigenvalue weighted by molar-refractivity contribution is 0.0174. The molecule has 7 heteroatoms. The average Bonchev–Trinajstić information content (AvgIpc) is 2.79. The maximum absolute atomic E-state index is 5.40. The van der Waals surface area contributed by atoms with E-state index in [-0.39, 0.29) is 0 Å². The molecule has 2 bridgehead atoms. The molecule has 0 aromatic heterocycles. The minimum absolute atomic E-state index is 0.402. The summed E-state index contributed by atoms with van der Waals surface area (Å²) < 4.78 is 5.40. The number of nitrogens with one attached hydrogen (secondary N) is 2. The van der Waals surface area contributed by atoms with Gasteiger partial charge in [-0.05, 0) is 31.9 Å². The molecule has 5 rings (SSSR count). The second kappa shape index (κ2) is 9.67. The second-order valence-corrected chi connectivity index (χ2v) is 8.34. The third-order valence-electron chi connectivity index (χ3n) is 6.38. The van der Waals surface area contributed by atoms with E-state index in [1.54, 1.807) is 7.11 Å². The van der Waals surface area contributed by atoms with E-state index in [1.807, 2.05) is 6.07 Å². The Morgan fingerprint density at radius 1 is 1.17 bits per heavy atom. The van der Waals surface area contributed by atoms with Gasteiger partial charge in [-0.3, -0.25) is 14.8 Å². The summed E-state index contributed by atoms with van der Waals surface area (Å²) >= 11 is 0. The molecule has 4 aliphatic heterocycles. The van der Waals surface area contributed by atoms with Crippen LogP contribution >= 0.6 is 0 Å². The van der Waals surface area contributed by atoms with Gasteiger partial charge < -0.3 is 20.3 Å². The Bertz CT molecular complexity index is 688. The van der Waals surface area contributed by atoms with Crippen molar-refractivity contribution >= 4 is 11.6 Å². The molecular formula is C22H36N6O. The molecule has 2 atom stereocenters. The summed E-state index contributed by atoms with van der Waals surface area (Å²) in [4.78, 5) is 12.6. The van der Waals surface area contributed by atoms with Crippen LogP contribution in [0.1, 0.15) is 19.8 Å². The largest absolute Gasteiger partial charge is 0.497 e. The highest BCUT2D eigenvalue weighted by Gasteiger charge is 2.31. The van der Waals surface area contributed by atoms with E-state index in [9.17, 15) is 0 Å². The van der Waals surface area contributed by atoms with E-state index in [4.69, 9.17) is 9.73 Å². The number of nitrogens with zero attached hydrogens (tertiary/aromatic N) is 4. The van der Waals surface area contributed by atoms with Crippen LogP contribution < -0.4 is 20.3 Å². The smallest absolute Gasteiger partial charge is 0.191 e. The van der Waals surface area contributed by atoms with Crippen LogP contribution in [0, 0.1) is 0 Å². The monoisotopic (exact) mass is 400 g/mol. The third-order valence-corrected chi connectivity index (χ3v) is 6.38. The van der Waals surface area contributed by atoms with Crippen LogP contribution in [0.15, 0.2) is 29.3 Å². The first-order chi connectivity index (χ1) is 14.2. The van der Waals surface area contributed by atoms with Crippen molar-refractivity contribution < 1.29 is 4.74 Å². The predicted octanol–water partition coefficient (Wildman–Crippen LogP) is 1.22. The van der Waals surface area contributed by atoms with Crippen LogP contribution in [0.5, 0.6) is 5.75 Å². The highest BCUT2D eigenvalue weighted by atomic mass is 16.5. The van der Waals surface area contributed by atoms with Crippen LogP contribution in [0.25, 0.3) is 0 Å². The van der Waals surface area contributed by atoms with Crippen LogP contribution in [0.4, 0.5) is 5.69 Å². The molecular weight excluding hydrogens is 364 g/mol. The number of rotatable bonds is 6. The maximum atomic E-state index is 5.40. The van der Waals surface area contributed by atoms with Gasteiger partial charge in [0.15, 0.2) is 5.96 Å². The average molecular weight is 401 g/mol. The molecule has 4 fully saturated rings. The van der Waals surface area contributed by atoms with Gasteiger partial charge in [-0.25, -0.2) is 0 Å². The number of benzene rings is 1. The number of piperazine rings is 3. The third kappa shape index (κ3) is 5.14. The Kier molecular flexibility index (Phi) is 6.77. The molecule has 4 heterocycles. The first-order valence-electron chi connectivity index (χ1n) is 11.2. The fourth-order valence-corrected chi connectivity index (χ4v) is 4.74. The first-order valence-corrected chi connectivity index (χ1v) is 11.2. The summed E-state index contributed by atoms with van der Waals surface area (Å²) in [5.74, 6) is 1.88. The van der Waals surface area contributed by atoms with E-state index in [0.717, 1.165) is 44.4 Å². The molecule has 4 aliphatic rings. The molecule has 0 spiro atoms. The van der Waals surface area contributed by atoms with Crippen LogP contribution in [-0.2, 0) is 0 Å². The van der Waals surface area contributed by atoms with E-state index in [2.05, 4.69) is 50.5 Å². The number of hydrogen-bond donors (Lipinski definition) is 2. The quantitative estimate of drug-likeness (QED) is 0.553. The Balaban J connectivity index is 1.36. The molecule has 1 aromatic carbocycles. The molecule has 29 heavy (non-hydrogen) atoms. The van der Waals surface area contributed by atoms with Crippen molar-refractivity contribution in [3.63, 3.8) is 0 Å². The number of anilines is 1. The molecule has 2 unspecified atom stereocenters. The van der Waals surface area contributed by atoms with Gasteiger partial charge in [-0.1, -0.05) is 6.07 Å². The van der Waals surface area contributed by atoms with E-state index in [0.29, 0.717) is 12.1 Å². The Morgan fingerprint density at radius 3 is 2.76 bits per heavy atom. The molecule has 7 nitrogen and oxygen atoms in total. The molecule has 0 amide bonds. The summed E-state index contributed by atoms with van der Waals surface area (Å²) in [6.07, 6.45) is 2.36. The lowest BCUT2D eigenvalue weighted by Gasteiger charge is -2.47. The predicted molar refractivity (Wildman–Crippen MR) is 119 cm³/mol. The molecule has 160 valence electrons. The van der Waals surface area contributed by atoms with Gasteiger partial charge in [0.1, 0.15) is 5.75 Å². The van der Waals surface area contributed by atoms with E-state index in [1.165, 1.54) is 44.7 Å². The number of aliphatic imine (C=N–C) groups is 1. The van der Waals surface area contributed by atoms with Gasteiger partial charge >= 0.3 is 0 Å². The minimum atomic E-state index is 0.402. The minimum Gasteiger partial charge on any atom is -0.497 e. The first kappa shape index (κ1) is 20.3. The van der Waals surface area contributed by atoms with E-state index >= 15 is 0 Å². The fraction of sp³-hybridized carbons (Fsp3) is 0.682. The highest BCUT2D eigenvalue weighted by Crippen LogP contribution is 2.24. The van der Waals surface area contributed by atoms with Crippen molar-refractivity contribution in [1.82, 2.24) is 20.4 Å². The fourth-order valence-electron chi connectivity index (χ4n) is 4.74. The van der Waals surface area contributed by atoms with Gasteiger partial charge in [-0.15, -0.1) is 0 Å². The lowest BCUT2D eigenvalue weighted by Crippen LogP contribution is -2.62. The number of fused-ring (bicyclic) bond motifs is 3. The van der Waals surface area contributed by atoms with Gasteiger partial charge in [0.2, 0.25) is 0 Å². The highest BCUT2D eigenvalue weighted by molar-refractivity contribution is 5.80. The van der Waals surface area contributed by atoms with Crippen LogP contribution in [-0.4, -0.2) is 93.9 Å². The zero-order valence-corrected chi connectivity index (χ0v) is 17.9. The second-order valence-electron chi connectivity index (χ2n) is 8.34. The summed E-state index contributed by atoms with van der Waals surface area (Å²) in [7, 11) is 1.73. The molecule has 0 aliphatic carbocycles. The number of ether oxygens (including phenoxy) is 1. The summed E-state index contributed by atoms with van der Waals surface area (Å²) in [5.41, 5.74) is 1.23. The molecule has 2 N–H and O–H groups in total. The number of methoxy groups -OCH3 is 1. The standard InChI is InChI=1S/C22H36N6O/c1-3-23-22(24-15-20-17-26-10-12-27(20)13-11-26)25-18-6-5-9-28(16-18)19-7-4-8-21(14-19)29-2/h4,7-8,14,18,20H,3,5-6,9-13,15-17H2,1-2H3,(H2,23,24,25). The van der Waals surface area contributed by atoms with E-state index < -0.39 is 0 Å². The zero-order valence-electron chi connectivity index (χ0n) is 17.9. The van der Waals surface area contributed by atoms with Crippen LogP contribution in [0.3, 0.4) is 0 Å². The molecule has 0 saturated carbocycles. The van der Waals surface area contributed by atoms with Crippen molar-refractivity contribution in [2.24, 2.45) is 4.99 Å². The normalized spacial score (nSPS) is 29.6. The zero-order chi connectivity index (χ0) is 20.1. The van der Waals surface area contributed by atoms with Crippen molar-refractivity contribution in [3.05, 3.63) is 24.3 Å². The van der Waals surface area contributed by atoms with Crippen LogP contribution in [0.2, 0.25) is 0 Å². The van der Waals surface area contributed by atoms with Crippen molar-refractivity contribution in [2.75, 3.05) is 70.9 Å². The van der Waals surface area contributed by atoms with Gasteiger partial charge in [-0.2, -0.15) is 0 Å². The number of hydrogen-bond acceptors (Lipinski definition) is 5. The molecule has 1 aromatic rings. The van der Waals surface area contributed by atoms with Crippen molar-refractivity contribution in [2.45, 2.75) is 31.8 Å². The Labute approximate surface area is 175 Å². The van der Waals surface area contributed by atoms with Gasteiger partial charge in [0.25, 0.3) is 0 Å². The lowest BCUT2D eigenvalue weighted by atomic mass is 10.0. The topological polar surface area (TPSA) is 55.4 Å². The van der Waals surface area contributed by atoms with Gasteiger partial charge in [0.05, 0.1) is 13.7 Å².